The molecule has 0 radical (unpaired) electrons. The van der Waals surface area contributed by atoms with Gasteiger partial charge in [-0.2, -0.15) is 0 Å². The molecular weight excluding hydrogens is 533 g/mol. The Morgan fingerprint density at radius 2 is 1.95 bits per heavy atom. The number of benzene rings is 3. The van der Waals surface area contributed by atoms with Crippen molar-refractivity contribution in [3.8, 4) is 22.2 Å². The second kappa shape index (κ2) is 10.4. The Hall–Kier alpha value is -4.77. The Kier molecular flexibility index (Phi) is 6.64. The van der Waals surface area contributed by atoms with E-state index in [1.807, 2.05) is 55.1 Å². The van der Waals surface area contributed by atoms with Crippen molar-refractivity contribution in [2.45, 2.75) is 6.92 Å². The summed E-state index contributed by atoms with van der Waals surface area (Å²) in [6.45, 7) is 1.90. The molecule has 202 valence electrons. The number of carbonyl (C=O) groups excluding carboxylic acids is 1. The third-order valence-corrected chi connectivity index (χ3v) is 7.41. The van der Waals surface area contributed by atoms with Crippen LogP contribution in [0.5, 0.6) is 11.6 Å². The van der Waals surface area contributed by atoms with E-state index in [-0.39, 0.29) is 19.0 Å². The van der Waals surface area contributed by atoms with Crippen molar-refractivity contribution in [3.63, 3.8) is 0 Å². The molecular formula is C29H24FN5O4S. The van der Waals surface area contributed by atoms with Crippen molar-refractivity contribution in [2.75, 3.05) is 25.6 Å². The number of hydrogen-bond donors (Lipinski definition) is 1. The number of ether oxygens (including phenoxy) is 3. The molecule has 1 amide bonds. The topological polar surface area (TPSA) is 100 Å². The third kappa shape index (κ3) is 4.98. The van der Waals surface area contributed by atoms with E-state index in [0.717, 1.165) is 26.7 Å². The Balaban J connectivity index is 1.13. The van der Waals surface area contributed by atoms with Crippen molar-refractivity contribution in [3.05, 3.63) is 72.3 Å². The van der Waals surface area contributed by atoms with Gasteiger partial charge in [0.1, 0.15) is 18.2 Å². The number of nitrogens with zero attached hydrogens (tertiary/aromatic N) is 4. The highest BCUT2D eigenvalue weighted by Gasteiger charge is 2.16. The summed E-state index contributed by atoms with van der Waals surface area (Å²) in [6.07, 6.45) is 2.89. The highest BCUT2D eigenvalue weighted by Crippen LogP contribution is 2.37. The molecule has 6 aromatic rings. The lowest BCUT2D eigenvalue weighted by Crippen LogP contribution is -2.17. The van der Waals surface area contributed by atoms with Gasteiger partial charge in [0.2, 0.25) is 5.88 Å². The Bertz CT molecular complexity index is 1900. The second-order valence-electron chi connectivity index (χ2n) is 9.17. The molecule has 0 saturated heterocycles. The van der Waals surface area contributed by atoms with E-state index < -0.39 is 11.9 Å². The number of hydrogen-bond acceptors (Lipinski definition) is 8. The van der Waals surface area contributed by atoms with Crippen molar-refractivity contribution < 1.29 is 23.4 Å². The quantitative estimate of drug-likeness (QED) is 0.224. The minimum absolute atomic E-state index is 0.0147. The van der Waals surface area contributed by atoms with Crippen LogP contribution in [0.3, 0.4) is 0 Å². The molecule has 3 aromatic heterocycles. The van der Waals surface area contributed by atoms with Gasteiger partial charge in [0.15, 0.2) is 11.6 Å². The van der Waals surface area contributed by atoms with E-state index in [1.165, 1.54) is 17.4 Å². The first-order chi connectivity index (χ1) is 19.4. The normalized spacial score (nSPS) is 11.3. The van der Waals surface area contributed by atoms with Crippen LogP contribution in [0, 0.1) is 12.7 Å². The van der Waals surface area contributed by atoms with E-state index >= 15 is 0 Å². The Labute approximate surface area is 232 Å². The van der Waals surface area contributed by atoms with E-state index in [2.05, 4.69) is 20.3 Å². The van der Waals surface area contributed by atoms with Crippen molar-refractivity contribution in [2.24, 2.45) is 7.05 Å². The molecule has 0 bridgehead atoms. The summed E-state index contributed by atoms with van der Waals surface area (Å²) in [5.41, 5.74) is 5.35. The van der Waals surface area contributed by atoms with E-state index in [0.29, 0.717) is 33.1 Å². The maximum atomic E-state index is 14.8. The molecule has 0 atom stereocenters. The highest BCUT2D eigenvalue weighted by molar-refractivity contribution is 7.21. The van der Waals surface area contributed by atoms with Gasteiger partial charge in [0.25, 0.3) is 0 Å². The molecule has 3 heterocycles. The molecule has 6 rings (SSSR count). The summed E-state index contributed by atoms with van der Waals surface area (Å²) in [6, 6.07) is 14.4. The molecule has 9 nitrogen and oxygen atoms in total. The average Bonchev–Trinajstić information content (AvgIpc) is 3.52. The van der Waals surface area contributed by atoms with E-state index in [9.17, 15) is 9.18 Å². The predicted molar refractivity (Wildman–Crippen MR) is 153 cm³/mol. The van der Waals surface area contributed by atoms with Gasteiger partial charge in [-0.1, -0.05) is 0 Å². The van der Waals surface area contributed by atoms with Crippen LogP contribution in [0.2, 0.25) is 0 Å². The molecule has 0 unspecified atom stereocenters. The first-order valence-electron chi connectivity index (χ1n) is 12.4. The molecule has 1 N–H and O–H groups in total. The van der Waals surface area contributed by atoms with Gasteiger partial charge in [0, 0.05) is 47.5 Å². The number of amides is 1. The van der Waals surface area contributed by atoms with Crippen LogP contribution in [0.25, 0.3) is 42.7 Å². The summed E-state index contributed by atoms with van der Waals surface area (Å²) in [7, 11) is 3.50. The minimum Gasteiger partial charge on any atom is -0.487 e. The molecule has 0 fully saturated rings. The van der Waals surface area contributed by atoms with Crippen LogP contribution in [-0.4, -0.2) is 45.9 Å². The second-order valence-corrected chi connectivity index (χ2v) is 10.2. The van der Waals surface area contributed by atoms with E-state index in [1.54, 1.807) is 25.4 Å². The fourth-order valence-corrected chi connectivity index (χ4v) is 5.46. The fourth-order valence-electron chi connectivity index (χ4n) is 4.46. The summed E-state index contributed by atoms with van der Waals surface area (Å²) in [5, 5.41) is 4.39. The number of fused-ring (bicyclic) bond motifs is 3. The summed E-state index contributed by atoms with van der Waals surface area (Å²) >= 11 is 1.40. The Morgan fingerprint density at radius 3 is 2.80 bits per heavy atom. The zero-order valence-corrected chi connectivity index (χ0v) is 22.7. The zero-order chi connectivity index (χ0) is 27.8. The molecule has 3 aromatic carbocycles. The van der Waals surface area contributed by atoms with Crippen LogP contribution >= 0.6 is 11.3 Å². The predicted octanol–water partition coefficient (Wildman–Crippen LogP) is 6.48. The molecule has 0 aliphatic carbocycles. The monoisotopic (exact) mass is 557 g/mol. The maximum absolute atomic E-state index is 14.8. The first-order valence-corrected chi connectivity index (χ1v) is 13.2. The average molecular weight is 558 g/mol. The summed E-state index contributed by atoms with van der Waals surface area (Å²) < 4.78 is 33.6. The van der Waals surface area contributed by atoms with Gasteiger partial charge in [-0.05, 0) is 48.9 Å². The maximum Gasteiger partial charge on any atom is 0.411 e. The molecule has 40 heavy (non-hydrogen) atoms. The zero-order valence-electron chi connectivity index (χ0n) is 21.9. The number of rotatable bonds is 7. The van der Waals surface area contributed by atoms with Gasteiger partial charge in [-0.15, -0.1) is 11.3 Å². The standard InChI is InChI=1S/C29H24FN5O4S/c1-16-10-19(27-22(11-16)33-26(37-3)15-31-27)28-34-21-13-20(30)24(14-25(21)40-28)38-8-9-39-29(36)32-18-4-5-23-17(12-18)6-7-35(23)2/h4-7,10-15H,8-9H2,1-3H3,(H,32,36). The fraction of sp³-hybridized carbons (Fsp3) is 0.172. The van der Waals surface area contributed by atoms with Crippen LogP contribution < -0.4 is 14.8 Å². The minimum atomic E-state index is -0.618. The van der Waals surface area contributed by atoms with Crippen molar-refractivity contribution in [1.82, 2.24) is 19.5 Å². The van der Waals surface area contributed by atoms with Gasteiger partial charge >= 0.3 is 6.09 Å². The number of aromatic nitrogens is 4. The lowest BCUT2D eigenvalue weighted by molar-refractivity contribution is 0.136. The largest absolute Gasteiger partial charge is 0.487 e. The van der Waals surface area contributed by atoms with E-state index in [4.69, 9.17) is 14.2 Å². The molecule has 0 saturated carbocycles. The number of anilines is 1. The van der Waals surface area contributed by atoms with Crippen LogP contribution in [0.4, 0.5) is 14.9 Å². The van der Waals surface area contributed by atoms with Crippen LogP contribution in [0.1, 0.15) is 5.56 Å². The number of methoxy groups -OCH3 is 1. The van der Waals surface area contributed by atoms with Crippen molar-refractivity contribution >= 4 is 55.3 Å². The number of halogens is 1. The molecule has 0 aliphatic rings. The first kappa shape index (κ1) is 25.5. The summed E-state index contributed by atoms with van der Waals surface area (Å²) in [5.74, 6) is -0.0733. The third-order valence-electron chi connectivity index (χ3n) is 6.36. The lowest BCUT2D eigenvalue weighted by Gasteiger charge is -2.09. The van der Waals surface area contributed by atoms with Gasteiger partial charge < -0.3 is 18.8 Å². The lowest BCUT2D eigenvalue weighted by atomic mass is 10.1. The van der Waals surface area contributed by atoms with Gasteiger partial charge in [0.05, 0.1) is 34.6 Å². The van der Waals surface area contributed by atoms with Gasteiger partial charge in [-0.3, -0.25) is 5.32 Å². The molecule has 0 aliphatic heterocycles. The number of carbonyl (C=O) groups is 1. The number of nitrogens with one attached hydrogen (secondary N) is 1. The Morgan fingerprint density at radius 1 is 1.07 bits per heavy atom. The van der Waals surface area contributed by atoms with Gasteiger partial charge in [-0.25, -0.2) is 24.1 Å². The summed E-state index contributed by atoms with van der Waals surface area (Å²) in [4.78, 5) is 25.8. The SMILES string of the molecule is COc1cnc2c(-c3nc4cc(F)c(OCCOC(=O)Nc5ccc6c(ccn6C)c5)cc4s3)cc(C)cc2n1. The van der Waals surface area contributed by atoms with Crippen LogP contribution in [0.15, 0.2) is 60.9 Å². The van der Waals surface area contributed by atoms with Crippen molar-refractivity contribution in [1.29, 1.82) is 0 Å². The molecule has 0 spiro atoms. The molecule has 11 heteroatoms. The van der Waals surface area contributed by atoms with Crippen LogP contribution in [-0.2, 0) is 11.8 Å². The smallest absolute Gasteiger partial charge is 0.411 e. The number of aryl methyl sites for hydroxylation is 2. The number of thiazole rings is 1. The highest BCUT2D eigenvalue weighted by atomic mass is 32.1.